The molecule has 4 heteroatoms. The molecule has 0 heterocycles. The summed E-state index contributed by atoms with van der Waals surface area (Å²) in [5, 5.41) is 0. The minimum Gasteiger partial charge on any atom is -0.282 e. The molecule has 0 aliphatic heterocycles. The van der Waals surface area contributed by atoms with Gasteiger partial charge in [-0.2, -0.15) is 8.42 Å². The number of rotatable bonds is 13. The molecule has 1 atom stereocenters. The van der Waals surface area contributed by atoms with Crippen LogP contribution < -0.4 is 0 Å². The first-order valence-corrected chi connectivity index (χ1v) is 10.9. The predicted octanol–water partition coefficient (Wildman–Crippen LogP) is 6.14. The maximum absolute atomic E-state index is 11.5. The van der Waals surface area contributed by atoms with Crippen LogP contribution in [0.1, 0.15) is 57.4 Å². The molecule has 1 aromatic carbocycles. The van der Waals surface area contributed by atoms with Crippen LogP contribution in [0.4, 0.5) is 0 Å². The quantitative estimate of drug-likeness (QED) is 0.195. The Kier molecular flexibility index (Phi) is 10.2. The number of aryl methyl sites for hydroxylation is 1. The van der Waals surface area contributed by atoms with Gasteiger partial charge in [0, 0.05) is 0 Å². The summed E-state index contributed by atoms with van der Waals surface area (Å²) in [7, 11) is -4.19. The van der Waals surface area contributed by atoms with E-state index in [0.717, 1.165) is 19.3 Å². The minimum atomic E-state index is -4.19. The number of hydrogen-bond acceptors (Lipinski definition) is 2. The first-order valence-electron chi connectivity index (χ1n) is 9.43. The molecular formula is C22H32O3S. The zero-order valence-corrected chi connectivity index (χ0v) is 16.7. The molecule has 0 aliphatic rings. The monoisotopic (exact) mass is 376 g/mol. The van der Waals surface area contributed by atoms with E-state index in [-0.39, 0.29) is 10.8 Å². The molecular weight excluding hydrogens is 344 g/mol. The van der Waals surface area contributed by atoms with Crippen LogP contribution in [0.3, 0.4) is 0 Å². The van der Waals surface area contributed by atoms with Gasteiger partial charge in [0.1, 0.15) is 0 Å². The molecule has 0 bridgehead atoms. The van der Waals surface area contributed by atoms with Gasteiger partial charge in [-0.3, -0.25) is 4.55 Å². The highest BCUT2D eigenvalue weighted by Crippen LogP contribution is 2.22. The Hall–Kier alpha value is -1.65. The van der Waals surface area contributed by atoms with Gasteiger partial charge in [-0.25, -0.2) is 0 Å². The molecule has 0 fully saturated rings. The molecule has 0 radical (unpaired) electrons. The predicted molar refractivity (Wildman–Crippen MR) is 110 cm³/mol. The normalized spacial score (nSPS) is 13.4. The summed E-state index contributed by atoms with van der Waals surface area (Å²) in [6.07, 6.45) is 14.5. The van der Waals surface area contributed by atoms with Crippen LogP contribution in [-0.2, 0) is 16.5 Å². The molecule has 3 nitrogen and oxygen atoms in total. The minimum absolute atomic E-state index is 0.00772. The molecule has 1 rings (SSSR count). The van der Waals surface area contributed by atoms with Crippen molar-refractivity contribution in [3.8, 4) is 0 Å². The first kappa shape index (κ1) is 22.4. The van der Waals surface area contributed by atoms with E-state index in [1.54, 1.807) is 18.2 Å². The standard InChI is InChI=1S/C22H32O3S/c1-4-7-8-9-10-13-19(5-2)18-20(6-3)16-17-21-14-11-12-15-22(21)26(23,24)25/h5-6,11-12,14-15,18,20H,2-4,7-10,13,16-17H2,1H3,(H,23,24,25). The molecule has 0 aliphatic carbocycles. The van der Waals surface area contributed by atoms with Gasteiger partial charge in [-0.05, 0) is 43.2 Å². The fraction of sp³-hybridized carbons (Fsp3) is 0.455. The SMILES string of the molecule is C=CC(=CC(C=C)CCc1ccccc1S(=O)(=O)O)CCCCCCC. The Morgan fingerprint density at radius 3 is 2.46 bits per heavy atom. The topological polar surface area (TPSA) is 54.4 Å². The molecule has 0 spiro atoms. The second-order valence-electron chi connectivity index (χ2n) is 6.63. The van der Waals surface area contributed by atoms with Crippen molar-refractivity contribution in [3.63, 3.8) is 0 Å². The van der Waals surface area contributed by atoms with E-state index in [4.69, 9.17) is 0 Å². The van der Waals surface area contributed by atoms with Crippen LogP contribution in [0.15, 0.2) is 66.1 Å². The fourth-order valence-electron chi connectivity index (χ4n) is 3.01. The zero-order chi connectivity index (χ0) is 19.4. The Balaban J connectivity index is 2.69. The smallest absolute Gasteiger partial charge is 0.282 e. The summed E-state index contributed by atoms with van der Waals surface area (Å²) < 4.78 is 32.4. The van der Waals surface area contributed by atoms with Gasteiger partial charge in [0.05, 0.1) is 4.90 Å². The molecule has 1 N–H and O–H groups in total. The summed E-state index contributed by atoms with van der Waals surface area (Å²) in [4.78, 5) is -0.00772. The molecule has 1 aromatic rings. The van der Waals surface area contributed by atoms with Crippen molar-refractivity contribution < 1.29 is 13.0 Å². The lowest BCUT2D eigenvalue weighted by molar-refractivity contribution is 0.481. The van der Waals surface area contributed by atoms with Gasteiger partial charge >= 0.3 is 0 Å². The molecule has 0 aromatic heterocycles. The number of benzene rings is 1. The Bertz CT molecular complexity index is 702. The Labute approximate surface area is 159 Å². The highest BCUT2D eigenvalue weighted by atomic mass is 32.2. The summed E-state index contributed by atoms with van der Waals surface area (Å²) in [6.45, 7) is 10.0. The van der Waals surface area contributed by atoms with Gasteiger partial charge in [-0.15, -0.1) is 6.58 Å². The lowest BCUT2D eigenvalue weighted by atomic mass is 9.95. The first-order chi connectivity index (χ1) is 12.4. The average Bonchev–Trinajstić information content (AvgIpc) is 2.62. The third-order valence-corrected chi connectivity index (χ3v) is 5.51. The lowest BCUT2D eigenvalue weighted by Gasteiger charge is -2.12. The second kappa shape index (κ2) is 11.9. The molecule has 0 saturated heterocycles. The maximum atomic E-state index is 11.5. The second-order valence-corrected chi connectivity index (χ2v) is 8.02. The van der Waals surface area contributed by atoms with Crippen LogP contribution in [0.2, 0.25) is 0 Å². The van der Waals surface area contributed by atoms with E-state index in [1.807, 2.05) is 12.2 Å². The van der Waals surface area contributed by atoms with E-state index in [2.05, 4.69) is 26.2 Å². The Morgan fingerprint density at radius 2 is 1.85 bits per heavy atom. The fourth-order valence-corrected chi connectivity index (χ4v) is 3.77. The molecule has 1 unspecified atom stereocenters. The van der Waals surface area contributed by atoms with Crippen LogP contribution in [0.25, 0.3) is 0 Å². The molecule has 144 valence electrons. The summed E-state index contributed by atoms with van der Waals surface area (Å²) in [5.74, 6) is 0.146. The number of allylic oxidation sites excluding steroid dienone is 4. The third kappa shape index (κ3) is 8.15. The third-order valence-electron chi connectivity index (χ3n) is 4.56. The number of hydrogen-bond donors (Lipinski definition) is 1. The molecule has 26 heavy (non-hydrogen) atoms. The van der Waals surface area contributed by atoms with Gasteiger partial charge in [0.15, 0.2) is 0 Å². The van der Waals surface area contributed by atoms with Crippen LogP contribution in [-0.4, -0.2) is 13.0 Å². The van der Waals surface area contributed by atoms with Crippen molar-refractivity contribution in [2.24, 2.45) is 5.92 Å². The van der Waals surface area contributed by atoms with E-state index >= 15 is 0 Å². The van der Waals surface area contributed by atoms with Gasteiger partial charge < -0.3 is 0 Å². The van der Waals surface area contributed by atoms with E-state index in [0.29, 0.717) is 12.0 Å². The van der Waals surface area contributed by atoms with Gasteiger partial charge in [0.2, 0.25) is 0 Å². The summed E-state index contributed by atoms with van der Waals surface area (Å²) in [6, 6.07) is 6.59. The van der Waals surface area contributed by atoms with Crippen molar-refractivity contribution >= 4 is 10.1 Å². The Morgan fingerprint density at radius 1 is 1.15 bits per heavy atom. The highest BCUT2D eigenvalue weighted by Gasteiger charge is 2.15. The van der Waals surface area contributed by atoms with Crippen LogP contribution >= 0.6 is 0 Å². The van der Waals surface area contributed by atoms with Crippen molar-refractivity contribution in [3.05, 3.63) is 66.8 Å². The highest BCUT2D eigenvalue weighted by molar-refractivity contribution is 7.85. The van der Waals surface area contributed by atoms with Gasteiger partial charge in [-0.1, -0.05) is 81.2 Å². The zero-order valence-electron chi connectivity index (χ0n) is 15.9. The summed E-state index contributed by atoms with van der Waals surface area (Å²) in [5.41, 5.74) is 1.85. The van der Waals surface area contributed by atoms with E-state index < -0.39 is 10.1 Å². The summed E-state index contributed by atoms with van der Waals surface area (Å²) >= 11 is 0. The van der Waals surface area contributed by atoms with Crippen LogP contribution in [0.5, 0.6) is 0 Å². The molecule has 0 saturated carbocycles. The van der Waals surface area contributed by atoms with E-state index in [1.165, 1.54) is 37.3 Å². The molecule has 0 amide bonds. The van der Waals surface area contributed by atoms with Gasteiger partial charge in [0.25, 0.3) is 10.1 Å². The number of unbranched alkanes of at least 4 members (excludes halogenated alkanes) is 4. The van der Waals surface area contributed by atoms with Crippen molar-refractivity contribution in [1.29, 1.82) is 0 Å². The van der Waals surface area contributed by atoms with Crippen molar-refractivity contribution in [2.45, 2.75) is 63.2 Å². The van der Waals surface area contributed by atoms with E-state index in [9.17, 15) is 13.0 Å². The lowest BCUT2D eigenvalue weighted by Crippen LogP contribution is -2.05. The largest absolute Gasteiger partial charge is 0.294 e. The maximum Gasteiger partial charge on any atom is 0.294 e. The average molecular weight is 377 g/mol. The van der Waals surface area contributed by atoms with Crippen LogP contribution in [0, 0.1) is 5.92 Å². The van der Waals surface area contributed by atoms with Crippen molar-refractivity contribution in [2.75, 3.05) is 0 Å². The van der Waals surface area contributed by atoms with Crippen molar-refractivity contribution in [1.82, 2.24) is 0 Å².